The number of rotatable bonds is 7. The SMILES string of the molecule is CCCOc1ccc(/C(C)=N/Nc2cccc([N+](=O)[O-])c2)cc1. The zero-order chi connectivity index (χ0) is 16.7. The minimum Gasteiger partial charge on any atom is -0.494 e. The molecular formula is C17H19N3O3. The Morgan fingerprint density at radius 2 is 2.00 bits per heavy atom. The Balaban J connectivity index is 2.04. The van der Waals surface area contributed by atoms with Crippen LogP contribution in [0.5, 0.6) is 5.75 Å². The highest BCUT2D eigenvalue weighted by Gasteiger charge is 2.05. The summed E-state index contributed by atoms with van der Waals surface area (Å²) in [5, 5.41) is 15.0. The van der Waals surface area contributed by atoms with Crippen molar-refractivity contribution in [3.8, 4) is 5.75 Å². The minimum atomic E-state index is -0.434. The monoisotopic (exact) mass is 313 g/mol. The molecule has 0 spiro atoms. The number of nitrogens with zero attached hydrogens (tertiary/aromatic N) is 2. The number of hydrogen-bond acceptors (Lipinski definition) is 5. The van der Waals surface area contributed by atoms with E-state index in [0.717, 1.165) is 23.4 Å². The van der Waals surface area contributed by atoms with Gasteiger partial charge in [0.2, 0.25) is 0 Å². The third-order valence-corrected chi connectivity index (χ3v) is 3.15. The fourth-order valence-electron chi connectivity index (χ4n) is 1.91. The van der Waals surface area contributed by atoms with Gasteiger partial charge < -0.3 is 4.74 Å². The van der Waals surface area contributed by atoms with Gasteiger partial charge in [-0.2, -0.15) is 5.10 Å². The second-order valence-electron chi connectivity index (χ2n) is 4.99. The number of anilines is 1. The number of non-ortho nitro benzene ring substituents is 1. The Hall–Kier alpha value is -2.89. The van der Waals surface area contributed by atoms with Gasteiger partial charge in [-0.1, -0.05) is 13.0 Å². The molecule has 0 unspecified atom stereocenters. The lowest BCUT2D eigenvalue weighted by Crippen LogP contribution is -2.01. The lowest BCUT2D eigenvalue weighted by atomic mass is 10.1. The maximum atomic E-state index is 10.7. The third kappa shape index (κ3) is 4.81. The second-order valence-corrected chi connectivity index (χ2v) is 4.99. The van der Waals surface area contributed by atoms with Crippen molar-refractivity contribution in [1.29, 1.82) is 0 Å². The van der Waals surface area contributed by atoms with Crippen LogP contribution in [0.25, 0.3) is 0 Å². The molecule has 0 saturated carbocycles. The summed E-state index contributed by atoms with van der Waals surface area (Å²) in [7, 11) is 0. The third-order valence-electron chi connectivity index (χ3n) is 3.15. The van der Waals surface area contributed by atoms with Gasteiger partial charge in [-0.05, 0) is 49.2 Å². The molecule has 2 aromatic rings. The van der Waals surface area contributed by atoms with Crippen LogP contribution in [0.15, 0.2) is 53.6 Å². The molecule has 0 amide bonds. The predicted molar refractivity (Wildman–Crippen MR) is 91.2 cm³/mol. The van der Waals surface area contributed by atoms with Crippen LogP contribution in [-0.4, -0.2) is 17.2 Å². The molecule has 0 fully saturated rings. The van der Waals surface area contributed by atoms with Crippen LogP contribution < -0.4 is 10.2 Å². The van der Waals surface area contributed by atoms with Crippen molar-refractivity contribution in [3.63, 3.8) is 0 Å². The van der Waals surface area contributed by atoms with E-state index in [-0.39, 0.29) is 5.69 Å². The minimum absolute atomic E-state index is 0.0280. The first-order valence-electron chi connectivity index (χ1n) is 7.38. The van der Waals surface area contributed by atoms with E-state index in [9.17, 15) is 10.1 Å². The Morgan fingerprint density at radius 3 is 2.65 bits per heavy atom. The van der Waals surface area contributed by atoms with Crippen LogP contribution in [-0.2, 0) is 0 Å². The highest BCUT2D eigenvalue weighted by molar-refractivity contribution is 5.99. The van der Waals surface area contributed by atoms with Gasteiger partial charge in [-0.3, -0.25) is 15.5 Å². The molecule has 0 aromatic heterocycles. The molecule has 0 heterocycles. The summed E-state index contributed by atoms with van der Waals surface area (Å²) in [6, 6.07) is 13.9. The first-order valence-corrected chi connectivity index (χ1v) is 7.38. The lowest BCUT2D eigenvalue weighted by Gasteiger charge is -2.06. The summed E-state index contributed by atoms with van der Waals surface area (Å²) in [6.07, 6.45) is 0.968. The Kier molecular flexibility index (Phi) is 5.68. The quantitative estimate of drug-likeness (QED) is 0.471. The van der Waals surface area contributed by atoms with Crippen LogP contribution >= 0.6 is 0 Å². The van der Waals surface area contributed by atoms with Crippen molar-refractivity contribution in [2.24, 2.45) is 5.10 Å². The standard InChI is InChI=1S/C17H19N3O3/c1-3-11-23-17-9-7-14(8-10-17)13(2)18-19-15-5-4-6-16(12-15)20(21)22/h4-10,12,19H,3,11H2,1-2H3/b18-13+. The van der Waals surface area contributed by atoms with Crippen molar-refractivity contribution in [2.75, 3.05) is 12.0 Å². The van der Waals surface area contributed by atoms with Gasteiger partial charge in [0.25, 0.3) is 5.69 Å². The number of hydrazone groups is 1. The number of nitro groups is 1. The molecule has 1 N–H and O–H groups in total. The Morgan fingerprint density at radius 1 is 1.26 bits per heavy atom. The van der Waals surface area contributed by atoms with Gasteiger partial charge in [0.05, 0.1) is 22.9 Å². The Labute approximate surface area is 134 Å². The summed E-state index contributed by atoms with van der Waals surface area (Å²) < 4.78 is 5.54. The molecule has 0 saturated heterocycles. The Bertz CT molecular complexity index is 696. The molecule has 120 valence electrons. The fourth-order valence-corrected chi connectivity index (χ4v) is 1.91. The molecule has 2 rings (SSSR count). The fraction of sp³-hybridized carbons (Fsp3) is 0.235. The molecule has 0 aliphatic rings. The van der Waals surface area contributed by atoms with E-state index < -0.39 is 4.92 Å². The topological polar surface area (TPSA) is 76.8 Å². The zero-order valence-electron chi connectivity index (χ0n) is 13.2. The number of hydrogen-bond donors (Lipinski definition) is 1. The predicted octanol–water partition coefficient (Wildman–Crippen LogP) is 4.22. The molecule has 0 bridgehead atoms. The molecular weight excluding hydrogens is 294 g/mol. The zero-order valence-corrected chi connectivity index (χ0v) is 13.2. The van der Waals surface area contributed by atoms with Crippen molar-refractivity contribution >= 4 is 17.1 Å². The van der Waals surface area contributed by atoms with Gasteiger partial charge in [-0.15, -0.1) is 0 Å². The first-order chi connectivity index (χ1) is 11.1. The second kappa shape index (κ2) is 7.93. The van der Waals surface area contributed by atoms with Crippen molar-refractivity contribution in [2.45, 2.75) is 20.3 Å². The van der Waals surface area contributed by atoms with E-state index in [2.05, 4.69) is 17.5 Å². The summed E-state index contributed by atoms with van der Waals surface area (Å²) >= 11 is 0. The van der Waals surface area contributed by atoms with Gasteiger partial charge in [0.1, 0.15) is 5.75 Å². The van der Waals surface area contributed by atoms with Crippen LogP contribution in [0.1, 0.15) is 25.8 Å². The average molecular weight is 313 g/mol. The van der Waals surface area contributed by atoms with Gasteiger partial charge in [-0.25, -0.2) is 0 Å². The number of ether oxygens (including phenoxy) is 1. The van der Waals surface area contributed by atoms with Gasteiger partial charge >= 0.3 is 0 Å². The molecule has 6 heteroatoms. The van der Waals surface area contributed by atoms with E-state index in [0.29, 0.717) is 12.3 Å². The van der Waals surface area contributed by atoms with Crippen LogP contribution in [0.2, 0.25) is 0 Å². The van der Waals surface area contributed by atoms with Crippen LogP contribution in [0.3, 0.4) is 0 Å². The number of nitro benzene ring substituents is 1. The summed E-state index contributed by atoms with van der Waals surface area (Å²) in [5.41, 5.74) is 5.17. The molecule has 2 aromatic carbocycles. The van der Waals surface area contributed by atoms with E-state index in [1.54, 1.807) is 12.1 Å². The first kappa shape index (κ1) is 16.5. The lowest BCUT2D eigenvalue weighted by molar-refractivity contribution is -0.384. The number of benzene rings is 2. The average Bonchev–Trinajstić information content (AvgIpc) is 2.58. The largest absolute Gasteiger partial charge is 0.494 e. The van der Waals surface area contributed by atoms with Gasteiger partial charge in [0, 0.05) is 12.1 Å². The maximum absolute atomic E-state index is 10.7. The normalized spacial score (nSPS) is 11.1. The molecule has 23 heavy (non-hydrogen) atoms. The van der Waals surface area contributed by atoms with E-state index >= 15 is 0 Å². The van der Waals surface area contributed by atoms with Gasteiger partial charge in [0.15, 0.2) is 0 Å². The van der Waals surface area contributed by atoms with E-state index in [4.69, 9.17) is 4.74 Å². The van der Waals surface area contributed by atoms with Crippen LogP contribution in [0.4, 0.5) is 11.4 Å². The molecule has 0 radical (unpaired) electrons. The highest BCUT2D eigenvalue weighted by Crippen LogP contribution is 2.17. The van der Waals surface area contributed by atoms with Crippen molar-refractivity contribution in [3.05, 3.63) is 64.2 Å². The van der Waals surface area contributed by atoms with E-state index in [1.807, 2.05) is 31.2 Å². The molecule has 0 atom stereocenters. The molecule has 0 aliphatic carbocycles. The summed E-state index contributed by atoms with van der Waals surface area (Å²) in [4.78, 5) is 10.3. The van der Waals surface area contributed by atoms with Crippen molar-refractivity contribution in [1.82, 2.24) is 0 Å². The van der Waals surface area contributed by atoms with Crippen LogP contribution in [0, 0.1) is 10.1 Å². The maximum Gasteiger partial charge on any atom is 0.271 e. The van der Waals surface area contributed by atoms with E-state index in [1.165, 1.54) is 12.1 Å². The summed E-state index contributed by atoms with van der Waals surface area (Å²) in [6.45, 7) is 4.62. The smallest absolute Gasteiger partial charge is 0.271 e. The summed E-state index contributed by atoms with van der Waals surface area (Å²) in [5.74, 6) is 0.829. The van der Waals surface area contributed by atoms with Crippen molar-refractivity contribution < 1.29 is 9.66 Å². The number of nitrogens with one attached hydrogen (secondary N) is 1. The molecule has 0 aliphatic heterocycles. The molecule has 6 nitrogen and oxygen atoms in total. The highest BCUT2D eigenvalue weighted by atomic mass is 16.6.